The van der Waals surface area contributed by atoms with E-state index in [4.69, 9.17) is 9.47 Å². The van der Waals surface area contributed by atoms with Crippen LogP contribution in [-0.2, 0) is 24.6 Å². The Kier molecular flexibility index (Phi) is 7.38. The van der Waals surface area contributed by atoms with Gasteiger partial charge in [0.25, 0.3) is 0 Å². The largest absolute Gasteiger partial charge is 0.491 e. The van der Waals surface area contributed by atoms with Gasteiger partial charge in [-0.3, -0.25) is 4.98 Å². The molecule has 0 amide bonds. The third-order valence-corrected chi connectivity index (χ3v) is 12.2. The Morgan fingerprint density at radius 3 is 2.73 bits per heavy atom. The van der Waals surface area contributed by atoms with Gasteiger partial charge in [0, 0.05) is 38.1 Å². The molecule has 3 aromatic rings. The Morgan fingerprint density at radius 1 is 1.15 bits per heavy atom. The predicted molar refractivity (Wildman–Crippen MR) is 147 cm³/mol. The maximum absolute atomic E-state index is 13.2. The number of fused-ring (bicyclic) bond motifs is 1. The Hall–Kier alpha value is -2.55. The molecule has 13 heteroatoms. The second-order valence-corrected chi connectivity index (χ2v) is 15.1. The van der Waals surface area contributed by atoms with Crippen molar-refractivity contribution >= 4 is 30.9 Å². The lowest BCUT2D eigenvalue weighted by Gasteiger charge is -2.38. The molecule has 0 radical (unpaired) electrons. The molecule has 3 aliphatic rings. The summed E-state index contributed by atoms with van der Waals surface area (Å²) in [6, 6.07) is 9.88. The van der Waals surface area contributed by atoms with E-state index >= 15 is 0 Å². The first-order valence-electron chi connectivity index (χ1n) is 13.6. The molecule has 40 heavy (non-hydrogen) atoms. The van der Waals surface area contributed by atoms with Crippen LogP contribution in [0, 0.1) is 0 Å². The number of nitrogens with one attached hydrogen (secondary N) is 2. The van der Waals surface area contributed by atoms with Crippen molar-refractivity contribution in [1.29, 1.82) is 0 Å². The highest BCUT2D eigenvalue weighted by molar-refractivity contribution is 7.92. The first-order valence-corrected chi connectivity index (χ1v) is 16.6. The monoisotopic (exact) mass is 590 g/mol. The van der Waals surface area contributed by atoms with Crippen molar-refractivity contribution in [2.24, 2.45) is 0 Å². The molecule has 2 aliphatic heterocycles. The van der Waals surface area contributed by atoms with Crippen molar-refractivity contribution < 1.29 is 31.4 Å². The number of hydrogen-bond donors (Lipinski definition) is 3. The van der Waals surface area contributed by atoms with E-state index in [1.54, 1.807) is 36.5 Å². The summed E-state index contributed by atoms with van der Waals surface area (Å²) >= 11 is 0. The average Bonchev–Trinajstić information content (AvgIpc) is 3.60. The summed E-state index contributed by atoms with van der Waals surface area (Å²) in [5.41, 5.74) is 1.02. The van der Waals surface area contributed by atoms with Gasteiger partial charge in [0.1, 0.15) is 23.4 Å². The van der Waals surface area contributed by atoms with Gasteiger partial charge in [-0.15, -0.1) is 0 Å². The molecule has 1 aromatic carbocycles. The van der Waals surface area contributed by atoms with Gasteiger partial charge in [-0.25, -0.2) is 16.8 Å². The minimum atomic E-state index is -3.65. The second-order valence-electron chi connectivity index (χ2n) is 11.0. The number of aromatic amines is 1. The lowest BCUT2D eigenvalue weighted by atomic mass is 9.88. The first-order chi connectivity index (χ1) is 19.1. The van der Waals surface area contributed by atoms with E-state index in [0.29, 0.717) is 63.2 Å². The van der Waals surface area contributed by atoms with Gasteiger partial charge in [-0.05, 0) is 62.4 Å². The summed E-state index contributed by atoms with van der Waals surface area (Å²) in [6.45, 7) is 1.52. The van der Waals surface area contributed by atoms with Gasteiger partial charge < -0.3 is 24.9 Å². The van der Waals surface area contributed by atoms with Crippen LogP contribution >= 0.6 is 0 Å². The number of benzene rings is 1. The SMILES string of the molecule is O=S(=O)(c1cccc(OC[C@@H](O)CN[C@H]2COC3(CCN(S(=O)(=O)c4cnc5cc[nH]c5c4)CC3)C2)c1)C1CC1. The number of nitrogens with zero attached hydrogens (tertiary/aromatic N) is 2. The van der Waals surface area contributed by atoms with E-state index in [2.05, 4.69) is 15.3 Å². The molecule has 1 aliphatic carbocycles. The van der Waals surface area contributed by atoms with Crippen molar-refractivity contribution in [3.8, 4) is 5.75 Å². The second kappa shape index (κ2) is 10.7. The van der Waals surface area contributed by atoms with E-state index in [9.17, 15) is 21.9 Å². The molecule has 3 fully saturated rings. The minimum absolute atomic E-state index is 0.0224. The van der Waals surface area contributed by atoms with Gasteiger partial charge in [-0.1, -0.05) is 6.07 Å². The minimum Gasteiger partial charge on any atom is -0.491 e. The number of aliphatic hydroxyl groups excluding tert-OH is 1. The van der Waals surface area contributed by atoms with Gasteiger partial charge in [0.15, 0.2) is 9.84 Å². The van der Waals surface area contributed by atoms with Crippen molar-refractivity contribution in [2.75, 3.05) is 32.8 Å². The summed E-state index contributed by atoms with van der Waals surface area (Å²) in [6.07, 6.45) is 5.65. The third-order valence-electron chi connectivity index (χ3n) is 8.04. The topological polar surface area (TPSA) is 151 Å². The maximum Gasteiger partial charge on any atom is 0.244 e. The van der Waals surface area contributed by atoms with Gasteiger partial charge in [0.2, 0.25) is 10.0 Å². The molecule has 4 heterocycles. The van der Waals surface area contributed by atoms with E-state index in [1.807, 2.05) is 0 Å². The molecule has 0 bridgehead atoms. The number of rotatable bonds is 10. The zero-order chi connectivity index (χ0) is 28.0. The Balaban J connectivity index is 0.965. The van der Waals surface area contributed by atoms with E-state index in [-0.39, 0.29) is 33.3 Å². The highest BCUT2D eigenvalue weighted by Crippen LogP contribution is 2.38. The molecule has 216 valence electrons. The summed E-state index contributed by atoms with van der Waals surface area (Å²) in [5, 5.41) is 13.5. The summed E-state index contributed by atoms with van der Waals surface area (Å²) < 4.78 is 64.7. The molecule has 3 N–H and O–H groups in total. The molecule has 2 atom stereocenters. The number of aromatic nitrogens is 2. The zero-order valence-electron chi connectivity index (χ0n) is 22.0. The highest BCUT2D eigenvalue weighted by atomic mass is 32.2. The van der Waals surface area contributed by atoms with Crippen LogP contribution in [0.4, 0.5) is 0 Å². The van der Waals surface area contributed by atoms with Gasteiger partial charge >= 0.3 is 0 Å². The van der Waals surface area contributed by atoms with E-state index < -0.39 is 26.0 Å². The summed E-state index contributed by atoms with van der Waals surface area (Å²) in [5.74, 6) is 0.411. The molecule has 1 saturated carbocycles. The molecule has 1 spiro atoms. The van der Waals surface area contributed by atoms with E-state index in [0.717, 1.165) is 11.9 Å². The molecular formula is C27H34N4O7S2. The summed E-state index contributed by atoms with van der Waals surface area (Å²) in [4.78, 5) is 7.69. The number of aliphatic hydroxyl groups is 1. The number of sulfonamides is 1. The van der Waals surface area contributed by atoms with Crippen molar-refractivity contribution in [3.05, 3.63) is 48.8 Å². The predicted octanol–water partition coefficient (Wildman–Crippen LogP) is 1.84. The fourth-order valence-corrected chi connectivity index (χ4v) is 8.63. The zero-order valence-corrected chi connectivity index (χ0v) is 23.7. The number of pyridine rings is 1. The van der Waals surface area contributed by atoms with Crippen molar-refractivity contribution in [3.63, 3.8) is 0 Å². The number of sulfone groups is 1. The Morgan fingerprint density at radius 2 is 1.95 bits per heavy atom. The molecule has 2 saturated heterocycles. The standard InChI is InChI=1S/C27H34N4O7S2/c32-20(18-37-21-2-1-3-23(12-21)39(33,34)22-4-5-22)15-29-19-14-27(38-17-19)7-10-31(11-8-27)40(35,36)24-13-26-25(30-16-24)6-9-28-26/h1-3,6,9,12-13,16,19-20,22,28-29,32H,4-5,7-8,10-11,14-15,17-18H2/t19-,20+/m1/s1. The fraction of sp³-hybridized carbons (Fsp3) is 0.519. The van der Waals surface area contributed by atoms with Crippen LogP contribution in [0.25, 0.3) is 11.0 Å². The van der Waals surface area contributed by atoms with Crippen LogP contribution in [0.15, 0.2) is 58.6 Å². The van der Waals surface area contributed by atoms with Gasteiger partial charge in [-0.2, -0.15) is 4.31 Å². The van der Waals surface area contributed by atoms with Crippen LogP contribution < -0.4 is 10.1 Å². The quantitative estimate of drug-likeness (QED) is 0.321. The van der Waals surface area contributed by atoms with Crippen LogP contribution in [0.5, 0.6) is 5.75 Å². The van der Waals surface area contributed by atoms with Crippen molar-refractivity contribution in [1.82, 2.24) is 19.6 Å². The Labute approximate surface area is 233 Å². The van der Waals surface area contributed by atoms with E-state index in [1.165, 1.54) is 16.6 Å². The molecule has 2 aromatic heterocycles. The highest BCUT2D eigenvalue weighted by Gasteiger charge is 2.45. The van der Waals surface area contributed by atoms with Crippen LogP contribution in [-0.4, -0.2) is 92.1 Å². The lowest BCUT2D eigenvalue weighted by Crippen LogP contribution is -2.47. The number of piperidine rings is 1. The van der Waals surface area contributed by atoms with Crippen molar-refractivity contribution in [2.45, 2.75) is 64.9 Å². The maximum atomic E-state index is 13.2. The van der Waals surface area contributed by atoms with Crippen LogP contribution in [0.3, 0.4) is 0 Å². The van der Waals surface area contributed by atoms with Gasteiger partial charge in [0.05, 0.1) is 33.4 Å². The lowest BCUT2D eigenvalue weighted by molar-refractivity contribution is -0.0312. The molecular weight excluding hydrogens is 556 g/mol. The number of H-pyrrole nitrogens is 1. The fourth-order valence-electron chi connectivity index (χ4n) is 5.53. The number of hydrogen-bond acceptors (Lipinski definition) is 9. The summed E-state index contributed by atoms with van der Waals surface area (Å²) in [7, 11) is -6.96. The molecule has 11 nitrogen and oxygen atoms in total. The molecule has 6 rings (SSSR count). The Bertz CT molecular complexity index is 1580. The number of ether oxygens (including phenoxy) is 2. The normalized spacial score (nSPS) is 22.6. The molecule has 0 unspecified atom stereocenters. The average molecular weight is 591 g/mol. The van der Waals surface area contributed by atoms with Crippen LogP contribution in [0.1, 0.15) is 32.1 Å². The first kappa shape index (κ1) is 27.6. The third kappa shape index (κ3) is 5.63. The van der Waals surface area contributed by atoms with Crippen LogP contribution in [0.2, 0.25) is 0 Å². The smallest absolute Gasteiger partial charge is 0.244 e.